The van der Waals surface area contributed by atoms with E-state index in [1.807, 2.05) is 0 Å². The first-order valence-corrected chi connectivity index (χ1v) is 6.05. The lowest BCUT2D eigenvalue weighted by Gasteiger charge is -2.22. The molecule has 1 aliphatic rings. The van der Waals surface area contributed by atoms with Crippen LogP contribution in [0.3, 0.4) is 0 Å². The van der Waals surface area contributed by atoms with Crippen molar-refractivity contribution in [3.8, 4) is 0 Å². The number of halogens is 1. The first-order valence-electron chi connectivity index (χ1n) is 6.05. The molecule has 0 bridgehead atoms. The number of carbonyl (C=O) groups is 2. The number of hydrogen-bond acceptors (Lipinski definition) is 2. The quantitative estimate of drug-likeness (QED) is 0.862. The Morgan fingerprint density at radius 3 is 2.84 bits per heavy atom. The molecule has 1 atom stereocenters. The van der Waals surface area contributed by atoms with Crippen molar-refractivity contribution < 1.29 is 19.1 Å². The maximum Gasteiger partial charge on any atom is 0.326 e. The Balaban J connectivity index is 2.10. The summed E-state index contributed by atoms with van der Waals surface area (Å²) in [6, 6.07) is 3.06. The molecule has 1 aliphatic heterocycles. The molecular formula is C13H15FN2O3. The molecule has 0 aromatic heterocycles. The molecule has 1 aromatic rings. The number of nitrogens with zero attached hydrogens (tertiary/aromatic N) is 1. The minimum atomic E-state index is -1.03. The van der Waals surface area contributed by atoms with Crippen LogP contribution in [0.25, 0.3) is 0 Å². The Hall–Kier alpha value is -2.11. The molecule has 102 valence electrons. The molecule has 1 fully saturated rings. The van der Waals surface area contributed by atoms with Gasteiger partial charge in [-0.05, 0) is 37.5 Å². The van der Waals surface area contributed by atoms with E-state index in [0.717, 1.165) is 5.56 Å². The Labute approximate surface area is 110 Å². The van der Waals surface area contributed by atoms with Crippen molar-refractivity contribution >= 4 is 17.7 Å². The fourth-order valence-electron chi connectivity index (χ4n) is 2.18. The summed E-state index contributed by atoms with van der Waals surface area (Å²) in [5.74, 6) is -1.56. The van der Waals surface area contributed by atoms with Gasteiger partial charge >= 0.3 is 12.0 Å². The second-order valence-electron chi connectivity index (χ2n) is 4.60. The summed E-state index contributed by atoms with van der Waals surface area (Å²) in [6.45, 7) is 2.12. The highest BCUT2D eigenvalue weighted by molar-refractivity contribution is 5.92. The monoisotopic (exact) mass is 266 g/mol. The van der Waals surface area contributed by atoms with Gasteiger partial charge in [-0.15, -0.1) is 0 Å². The lowest BCUT2D eigenvalue weighted by atomic mass is 10.2. The molecule has 0 spiro atoms. The van der Waals surface area contributed by atoms with E-state index in [-0.39, 0.29) is 5.69 Å². The van der Waals surface area contributed by atoms with E-state index in [2.05, 4.69) is 5.32 Å². The van der Waals surface area contributed by atoms with Crippen LogP contribution in [0.4, 0.5) is 14.9 Å². The van der Waals surface area contributed by atoms with Crippen molar-refractivity contribution in [2.75, 3.05) is 11.9 Å². The smallest absolute Gasteiger partial charge is 0.326 e. The first-order chi connectivity index (χ1) is 8.99. The van der Waals surface area contributed by atoms with E-state index in [1.54, 1.807) is 13.0 Å². The molecule has 0 radical (unpaired) electrons. The highest BCUT2D eigenvalue weighted by Gasteiger charge is 2.34. The molecule has 19 heavy (non-hydrogen) atoms. The standard InChI is InChI=1S/C13H15FN2O3/c1-8-4-5-10(9(14)7-8)15-13(19)16-6-2-3-11(16)12(17)18/h4-5,7,11H,2-3,6H2,1H3,(H,15,19)(H,17,18)/t11-/m1/s1. The number of benzene rings is 1. The maximum absolute atomic E-state index is 13.6. The number of amides is 2. The van der Waals surface area contributed by atoms with Crippen LogP contribution < -0.4 is 5.32 Å². The van der Waals surface area contributed by atoms with Gasteiger partial charge in [-0.1, -0.05) is 6.07 Å². The molecule has 2 N–H and O–H groups in total. The topological polar surface area (TPSA) is 69.6 Å². The maximum atomic E-state index is 13.6. The zero-order valence-corrected chi connectivity index (χ0v) is 10.5. The minimum absolute atomic E-state index is 0.0617. The van der Waals surface area contributed by atoms with Crippen LogP contribution in [0.1, 0.15) is 18.4 Å². The molecule has 0 unspecified atom stereocenters. The van der Waals surface area contributed by atoms with Gasteiger partial charge in [0.25, 0.3) is 0 Å². The Kier molecular flexibility index (Phi) is 3.69. The lowest BCUT2D eigenvalue weighted by Crippen LogP contribution is -2.42. The first kappa shape index (κ1) is 13.3. The molecule has 2 amide bonds. The van der Waals surface area contributed by atoms with E-state index < -0.39 is 23.9 Å². The number of nitrogens with one attached hydrogen (secondary N) is 1. The summed E-state index contributed by atoms with van der Waals surface area (Å²) in [6.07, 6.45) is 1.07. The van der Waals surface area contributed by atoms with Crippen molar-refractivity contribution in [2.45, 2.75) is 25.8 Å². The Morgan fingerprint density at radius 2 is 2.21 bits per heavy atom. The van der Waals surface area contributed by atoms with Gasteiger partial charge in [0.2, 0.25) is 0 Å². The van der Waals surface area contributed by atoms with Gasteiger partial charge in [0.1, 0.15) is 11.9 Å². The molecule has 6 heteroatoms. The second-order valence-corrected chi connectivity index (χ2v) is 4.60. The Morgan fingerprint density at radius 1 is 1.47 bits per heavy atom. The summed E-state index contributed by atoms with van der Waals surface area (Å²) in [5, 5.41) is 11.4. The average molecular weight is 266 g/mol. The number of aliphatic carboxylic acids is 1. The third-order valence-corrected chi connectivity index (χ3v) is 3.16. The third kappa shape index (κ3) is 2.83. The van der Waals surface area contributed by atoms with E-state index in [4.69, 9.17) is 5.11 Å². The van der Waals surface area contributed by atoms with Crippen molar-refractivity contribution in [3.63, 3.8) is 0 Å². The zero-order chi connectivity index (χ0) is 14.0. The predicted molar refractivity (Wildman–Crippen MR) is 67.5 cm³/mol. The van der Waals surface area contributed by atoms with Gasteiger partial charge in [0.05, 0.1) is 5.69 Å². The number of carboxylic acid groups (broad SMARTS) is 1. The number of urea groups is 1. The predicted octanol–water partition coefficient (Wildman–Crippen LogP) is 2.22. The minimum Gasteiger partial charge on any atom is -0.480 e. The number of hydrogen-bond donors (Lipinski definition) is 2. The van der Waals surface area contributed by atoms with Crippen molar-refractivity contribution in [1.29, 1.82) is 0 Å². The molecular weight excluding hydrogens is 251 g/mol. The van der Waals surface area contributed by atoms with Gasteiger partial charge in [-0.3, -0.25) is 0 Å². The van der Waals surface area contributed by atoms with E-state index in [9.17, 15) is 14.0 Å². The highest BCUT2D eigenvalue weighted by atomic mass is 19.1. The number of carboxylic acids is 1. The van der Waals surface area contributed by atoms with E-state index in [0.29, 0.717) is 19.4 Å². The summed E-state index contributed by atoms with van der Waals surface area (Å²) >= 11 is 0. The van der Waals surface area contributed by atoms with Crippen LogP contribution in [0, 0.1) is 12.7 Å². The van der Waals surface area contributed by atoms with Gasteiger partial charge < -0.3 is 15.3 Å². The van der Waals surface area contributed by atoms with Crippen molar-refractivity contribution in [1.82, 2.24) is 4.90 Å². The largest absolute Gasteiger partial charge is 0.480 e. The number of carbonyl (C=O) groups excluding carboxylic acids is 1. The third-order valence-electron chi connectivity index (χ3n) is 3.16. The Bertz CT molecular complexity index is 519. The summed E-state index contributed by atoms with van der Waals surface area (Å²) < 4.78 is 13.6. The molecule has 1 aromatic carbocycles. The van der Waals surface area contributed by atoms with Crippen LogP contribution in [0.2, 0.25) is 0 Å². The fraction of sp³-hybridized carbons (Fsp3) is 0.385. The highest BCUT2D eigenvalue weighted by Crippen LogP contribution is 2.20. The average Bonchev–Trinajstić information content (AvgIpc) is 2.82. The molecule has 2 rings (SSSR count). The van der Waals surface area contributed by atoms with Gasteiger partial charge in [-0.25, -0.2) is 14.0 Å². The van der Waals surface area contributed by atoms with E-state index in [1.165, 1.54) is 17.0 Å². The summed E-state index contributed by atoms with van der Waals surface area (Å²) in [5.41, 5.74) is 0.812. The fourth-order valence-corrected chi connectivity index (χ4v) is 2.18. The van der Waals surface area contributed by atoms with Crippen LogP contribution in [0.5, 0.6) is 0 Å². The van der Waals surface area contributed by atoms with Gasteiger partial charge in [-0.2, -0.15) is 0 Å². The summed E-state index contributed by atoms with van der Waals surface area (Å²) in [4.78, 5) is 24.2. The van der Waals surface area contributed by atoms with Crippen LogP contribution in [-0.4, -0.2) is 34.6 Å². The zero-order valence-electron chi connectivity index (χ0n) is 10.5. The van der Waals surface area contributed by atoms with Crippen LogP contribution >= 0.6 is 0 Å². The number of anilines is 1. The van der Waals surface area contributed by atoms with Crippen molar-refractivity contribution in [3.05, 3.63) is 29.6 Å². The normalized spacial score (nSPS) is 18.4. The van der Waals surface area contributed by atoms with Gasteiger partial charge in [0, 0.05) is 6.54 Å². The lowest BCUT2D eigenvalue weighted by molar-refractivity contribution is -0.141. The van der Waals surface area contributed by atoms with Gasteiger partial charge in [0.15, 0.2) is 0 Å². The molecule has 0 saturated carbocycles. The van der Waals surface area contributed by atoms with Crippen LogP contribution in [0.15, 0.2) is 18.2 Å². The number of aryl methyl sites for hydroxylation is 1. The van der Waals surface area contributed by atoms with Crippen molar-refractivity contribution in [2.24, 2.45) is 0 Å². The number of rotatable bonds is 2. The molecule has 5 nitrogen and oxygen atoms in total. The van der Waals surface area contributed by atoms with E-state index >= 15 is 0 Å². The molecule has 1 saturated heterocycles. The SMILES string of the molecule is Cc1ccc(NC(=O)N2CCC[C@@H]2C(=O)O)c(F)c1. The molecule has 1 heterocycles. The summed E-state index contributed by atoms with van der Waals surface area (Å²) in [7, 11) is 0. The molecule has 0 aliphatic carbocycles. The van der Waals surface area contributed by atoms with Crippen LogP contribution in [-0.2, 0) is 4.79 Å². The second kappa shape index (κ2) is 5.26. The number of likely N-dealkylation sites (tertiary alicyclic amines) is 1.